The summed E-state index contributed by atoms with van der Waals surface area (Å²) >= 11 is 0. The van der Waals surface area contributed by atoms with E-state index in [0.29, 0.717) is 24.3 Å². The molecule has 6 nitrogen and oxygen atoms in total. The molecule has 0 saturated heterocycles. The van der Waals surface area contributed by atoms with E-state index in [4.69, 9.17) is 10.00 Å². The molecule has 0 aliphatic heterocycles. The Bertz CT molecular complexity index is 884. The van der Waals surface area contributed by atoms with Crippen LogP contribution in [0.15, 0.2) is 55.1 Å². The first kappa shape index (κ1) is 15.6. The predicted molar refractivity (Wildman–Crippen MR) is 87.8 cm³/mol. The molecule has 120 valence electrons. The highest BCUT2D eigenvalue weighted by atomic mass is 16.5. The molecule has 3 rings (SSSR count). The van der Waals surface area contributed by atoms with E-state index in [2.05, 4.69) is 11.2 Å². The number of nitriles is 1. The number of hydrogen-bond acceptors (Lipinski definition) is 4. The maximum absolute atomic E-state index is 11.6. The maximum atomic E-state index is 11.6. The van der Waals surface area contributed by atoms with Gasteiger partial charge in [0.1, 0.15) is 6.07 Å². The fourth-order valence-corrected chi connectivity index (χ4v) is 2.35. The standard InChI is InChI=1S/C18H16N4O2/c1-2-24-18(23)16-10-20-22(13-16)12-14-3-5-17(6-4-14)21-8-7-15(9-19)11-21/h3-8,10-11,13H,2,12H2,1H3. The van der Waals surface area contributed by atoms with Crippen LogP contribution in [0, 0.1) is 11.3 Å². The lowest BCUT2D eigenvalue weighted by Crippen LogP contribution is -2.04. The van der Waals surface area contributed by atoms with Gasteiger partial charge in [-0.2, -0.15) is 10.4 Å². The van der Waals surface area contributed by atoms with Gasteiger partial charge < -0.3 is 9.30 Å². The second-order valence-electron chi connectivity index (χ2n) is 5.23. The Hall–Kier alpha value is -3.33. The topological polar surface area (TPSA) is 72.8 Å². The number of esters is 1. The van der Waals surface area contributed by atoms with Crippen LogP contribution in [0.2, 0.25) is 0 Å². The van der Waals surface area contributed by atoms with Crippen LogP contribution in [0.4, 0.5) is 0 Å². The van der Waals surface area contributed by atoms with E-state index in [1.807, 2.05) is 35.0 Å². The smallest absolute Gasteiger partial charge is 0.341 e. The van der Waals surface area contributed by atoms with Crippen molar-refractivity contribution in [3.05, 3.63) is 71.8 Å². The molecule has 2 aromatic heterocycles. The van der Waals surface area contributed by atoms with Crippen molar-refractivity contribution >= 4 is 5.97 Å². The lowest BCUT2D eigenvalue weighted by atomic mass is 10.2. The number of rotatable bonds is 5. The molecule has 1 aromatic carbocycles. The lowest BCUT2D eigenvalue weighted by Gasteiger charge is -2.05. The summed E-state index contributed by atoms with van der Waals surface area (Å²) < 4.78 is 8.55. The van der Waals surface area contributed by atoms with E-state index >= 15 is 0 Å². The van der Waals surface area contributed by atoms with Crippen LogP contribution < -0.4 is 0 Å². The molecule has 0 spiro atoms. The SMILES string of the molecule is CCOC(=O)c1cnn(Cc2ccc(-n3ccc(C#N)c3)cc2)c1. The first-order chi connectivity index (χ1) is 11.7. The molecule has 0 atom stereocenters. The van der Waals surface area contributed by atoms with Gasteiger partial charge in [0.15, 0.2) is 0 Å². The first-order valence-corrected chi connectivity index (χ1v) is 7.56. The van der Waals surface area contributed by atoms with Gasteiger partial charge in [-0.3, -0.25) is 4.68 Å². The summed E-state index contributed by atoms with van der Waals surface area (Å²) in [5.74, 6) is -0.361. The van der Waals surface area contributed by atoms with Crippen molar-refractivity contribution in [1.82, 2.24) is 14.3 Å². The van der Waals surface area contributed by atoms with Crippen LogP contribution in [0.3, 0.4) is 0 Å². The number of ether oxygens (including phenoxy) is 1. The molecule has 24 heavy (non-hydrogen) atoms. The minimum absolute atomic E-state index is 0.346. The van der Waals surface area contributed by atoms with E-state index in [9.17, 15) is 4.79 Å². The quantitative estimate of drug-likeness (QED) is 0.678. The van der Waals surface area contributed by atoms with Crippen LogP contribution >= 0.6 is 0 Å². The van der Waals surface area contributed by atoms with Crippen LogP contribution in [0.25, 0.3) is 5.69 Å². The number of nitrogens with zero attached hydrogens (tertiary/aromatic N) is 4. The Kier molecular flexibility index (Phi) is 4.43. The highest BCUT2D eigenvalue weighted by Gasteiger charge is 2.09. The molecule has 0 saturated carbocycles. The van der Waals surface area contributed by atoms with Gasteiger partial charge in [-0.1, -0.05) is 12.1 Å². The van der Waals surface area contributed by atoms with Gasteiger partial charge >= 0.3 is 5.97 Å². The minimum atomic E-state index is -0.361. The Morgan fingerprint density at radius 3 is 2.71 bits per heavy atom. The van der Waals surface area contributed by atoms with Crippen LogP contribution in [0.1, 0.15) is 28.4 Å². The van der Waals surface area contributed by atoms with E-state index < -0.39 is 0 Å². The van der Waals surface area contributed by atoms with Crippen molar-refractivity contribution in [2.45, 2.75) is 13.5 Å². The minimum Gasteiger partial charge on any atom is -0.462 e. The van der Waals surface area contributed by atoms with Gasteiger partial charge in [-0.05, 0) is 30.7 Å². The van der Waals surface area contributed by atoms with E-state index in [-0.39, 0.29) is 5.97 Å². The largest absolute Gasteiger partial charge is 0.462 e. The normalized spacial score (nSPS) is 10.3. The van der Waals surface area contributed by atoms with Gasteiger partial charge in [0.25, 0.3) is 0 Å². The molecule has 0 radical (unpaired) electrons. The third-order valence-corrected chi connectivity index (χ3v) is 3.55. The molecule has 2 heterocycles. The predicted octanol–water partition coefficient (Wildman–Crippen LogP) is 2.77. The number of benzene rings is 1. The molecule has 0 unspecified atom stereocenters. The maximum Gasteiger partial charge on any atom is 0.341 e. The second kappa shape index (κ2) is 6.84. The molecule has 3 aromatic rings. The molecule has 0 bridgehead atoms. The number of hydrogen-bond donors (Lipinski definition) is 0. The summed E-state index contributed by atoms with van der Waals surface area (Å²) in [4.78, 5) is 11.6. The molecule has 0 N–H and O–H groups in total. The molecule has 0 aliphatic rings. The summed E-state index contributed by atoms with van der Waals surface area (Å²) in [7, 11) is 0. The Morgan fingerprint density at radius 1 is 1.25 bits per heavy atom. The third-order valence-electron chi connectivity index (χ3n) is 3.55. The number of carbonyl (C=O) groups is 1. The number of aromatic nitrogens is 3. The van der Waals surface area contributed by atoms with E-state index in [0.717, 1.165) is 11.3 Å². The molecule has 0 fully saturated rings. The zero-order chi connectivity index (χ0) is 16.9. The van der Waals surface area contributed by atoms with Gasteiger partial charge in [0, 0.05) is 24.3 Å². The lowest BCUT2D eigenvalue weighted by molar-refractivity contribution is 0.0526. The summed E-state index contributed by atoms with van der Waals surface area (Å²) in [6.45, 7) is 2.68. The average molecular weight is 320 g/mol. The second-order valence-corrected chi connectivity index (χ2v) is 5.23. The Balaban J connectivity index is 1.70. The summed E-state index contributed by atoms with van der Waals surface area (Å²) in [6, 6.07) is 11.8. The van der Waals surface area contributed by atoms with E-state index in [1.165, 1.54) is 6.20 Å². The summed E-state index contributed by atoms with van der Waals surface area (Å²) in [5, 5.41) is 13.1. The molecule has 6 heteroatoms. The highest BCUT2D eigenvalue weighted by molar-refractivity contribution is 5.88. The van der Waals surface area contributed by atoms with Crippen LogP contribution in [0.5, 0.6) is 0 Å². The van der Waals surface area contributed by atoms with Gasteiger partial charge in [-0.25, -0.2) is 4.79 Å². The van der Waals surface area contributed by atoms with Crippen molar-refractivity contribution < 1.29 is 9.53 Å². The van der Waals surface area contributed by atoms with Gasteiger partial charge in [0.2, 0.25) is 0 Å². The van der Waals surface area contributed by atoms with Crippen molar-refractivity contribution in [3.8, 4) is 11.8 Å². The highest BCUT2D eigenvalue weighted by Crippen LogP contribution is 2.13. The zero-order valence-corrected chi connectivity index (χ0v) is 13.2. The molecule has 0 aliphatic carbocycles. The fraction of sp³-hybridized carbons (Fsp3) is 0.167. The Labute approximate surface area is 139 Å². The van der Waals surface area contributed by atoms with Gasteiger partial charge in [0.05, 0.1) is 30.5 Å². The van der Waals surface area contributed by atoms with Crippen molar-refractivity contribution in [2.75, 3.05) is 6.61 Å². The fourth-order valence-electron chi connectivity index (χ4n) is 2.35. The van der Waals surface area contributed by atoms with Crippen LogP contribution in [-0.2, 0) is 11.3 Å². The van der Waals surface area contributed by atoms with Crippen molar-refractivity contribution in [2.24, 2.45) is 0 Å². The molecular weight excluding hydrogens is 304 g/mol. The summed E-state index contributed by atoms with van der Waals surface area (Å²) in [5.41, 5.74) is 3.12. The third kappa shape index (κ3) is 3.36. The van der Waals surface area contributed by atoms with Crippen LogP contribution in [-0.4, -0.2) is 26.9 Å². The summed E-state index contributed by atoms with van der Waals surface area (Å²) in [6.07, 6.45) is 6.83. The van der Waals surface area contributed by atoms with E-state index in [1.54, 1.807) is 30.1 Å². The average Bonchev–Trinajstić information content (AvgIpc) is 3.25. The van der Waals surface area contributed by atoms with Gasteiger partial charge in [-0.15, -0.1) is 0 Å². The monoisotopic (exact) mass is 320 g/mol. The van der Waals surface area contributed by atoms with Crippen molar-refractivity contribution in [3.63, 3.8) is 0 Å². The first-order valence-electron chi connectivity index (χ1n) is 7.56. The zero-order valence-electron chi connectivity index (χ0n) is 13.2. The van der Waals surface area contributed by atoms with Crippen molar-refractivity contribution in [1.29, 1.82) is 5.26 Å². The number of carbonyl (C=O) groups excluding carboxylic acids is 1. The Morgan fingerprint density at radius 2 is 2.04 bits per heavy atom. The molecular formula is C18H16N4O2. The molecule has 0 amide bonds.